The van der Waals surface area contributed by atoms with Gasteiger partial charge in [-0.05, 0) is 36.4 Å². The first kappa shape index (κ1) is 19.2. The fourth-order valence-electron chi connectivity index (χ4n) is 3.02. The second kappa shape index (κ2) is 7.17. The minimum Gasteiger partial charge on any atom is -0.457 e. The minimum absolute atomic E-state index is 0.268. The molecule has 0 unspecified atom stereocenters. The summed E-state index contributed by atoms with van der Waals surface area (Å²) in [5.41, 5.74) is -0.0804. The molecule has 5 rings (SSSR count). The standard InChI is InChI=1S/C21H11F3N4O2S/c22-21(23,24)14-3-1-2-13(10-14)16-5-4-15(30-16)11-17-19(29)28-20(31-17)26-18(27-28)12-6-8-25-9-7-12/h1-11H/b17-11-. The third-order valence-corrected chi connectivity index (χ3v) is 5.45. The van der Waals surface area contributed by atoms with Crippen molar-refractivity contribution >= 4 is 22.4 Å². The summed E-state index contributed by atoms with van der Waals surface area (Å²) in [7, 11) is 0. The van der Waals surface area contributed by atoms with Gasteiger partial charge in [-0.15, -0.1) is 5.10 Å². The van der Waals surface area contributed by atoms with E-state index in [1.807, 2.05) is 0 Å². The Hall–Kier alpha value is -3.79. The molecule has 0 aliphatic heterocycles. The molecule has 10 heteroatoms. The smallest absolute Gasteiger partial charge is 0.416 e. The number of nitrogens with zero attached hydrogens (tertiary/aromatic N) is 4. The Morgan fingerprint density at radius 1 is 1.03 bits per heavy atom. The van der Waals surface area contributed by atoms with E-state index in [9.17, 15) is 18.0 Å². The first-order chi connectivity index (χ1) is 14.9. The number of thiazole rings is 1. The SMILES string of the molecule is O=c1/c(=C/c2ccc(-c3cccc(C(F)(F)F)c3)o2)sc2nc(-c3ccncc3)nn12. The number of halogens is 3. The van der Waals surface area contributed by atoms with Crippen molar-refractivity contribution in [1.29, 1.82) is 0 Å². The van der Waals surface area contributed by atoms with E-state index < -0.39 is 11.7 Å². The highest BCUT2D eigenvalue weighted by Gasteiger charge is 2.30. The first-order valence-electron chi connectivity index (χ1n) is 8.98. The third kappa shape index (κ3) is 3.61. The van der Waals surface area contributed by atoms with Crippen LogP contribution in [-0.2, 0) is 6.18 Å². The third-order valence-electron chi connectivity index (χ3n) is 4.49. The summed E-state index contributed by atoms with van der Waals surface area (Å²) >= 11 is 1.14. The molecule has 4 aromatic heterocycles. The van der Waals surface area contributed by atoms with Gasteiger partial charge in [-0.1, -0.05) is 23.5 Å². The fraction of sp³-hybridized carbons (Fsp3) is 0.0476. The van der Waals surface area contributed by atoms with E-state index in [4.69, 9.17) is 4.42 Å². The monoisotopic (exact) mass is 440 g/mol. The minimum atomic E-state index is -4.44. The van der Waals surface area contributed by atoms with Gasteiger partial charge in [0.2, 0.25) is 4.96 Å². The highest BCUT2D eigenvalue weighted by atomic mass is 32.1. The number of benzene rings is 1. The van der Waals surface area contributed by atoms with Gasteiger partial charge in [-0.2, -0.15) is 22.7 Å². The number of pyridine rings is 1. The average Bonchev–Trinajstić information content (AvgIpc) is 3.46. The predicted molar refractivity (Wildman–Crippen MR) is 108 cm³/mol. The van der Waals surface area contributed by atoms with Gasteiger partial charge in [-0.3, -0.25) is 9.78 Å². The zero-order valence-electron chi connectivity index (χ0n) is 15.5. The Balaban J connectivity index is 1.49. The summed E-state index contributed by atoms with van der Waals surface area (Å²) in [5.74, 6) is 1.02. The summed E-state index contributed by atoms with van der Waals surface area (Å²) in [4.78, 5) is 21.4. The molecule has 0 spiro atoms. The first-order valence-corrected chi connectivity index (χ1v) is 9.79. The molecule has 0 fully saturated rings. The molecule has 0 aliphatic carbocycles. The molecule has 6 nitrogen and oxygen atoms in total. The predicted octanol–water partition coefficient (Wildman–Crippen LogP) is 4.04. The Kier molecular flexibility index (Phi) is 4.44. The van der Waals surface area contributed by atoms with Crippen LogP contribution >= 0.6 is 11.3 Å². The molecule has 0 atom stereocenters. The average molecular weight is 440 g/mol. The second-order valence-corrected chi connectivity index (χ2v) is 7.57. The molecule has 31 heavy (non-hydrogen) atoms. The highest BCUT2D eigenvalue weighted by Crippen LogP contribution is 2.32. The maximum Gasteiger partial charge on any atom is 0.416 e. The maximum atomic E-state index is 12.9. The number of aromatic nitrogens is 4. The van der Waals surface area contributed by atoms with Crippen LogP contribution in [0.5, 0.6) is 0 Å². The summed E-state index contributed by atoms with van der Waals surface area (Å²) in [5, 5.41) is 4.25. The normalized spacial score (nSPS) is 12.7. The molecule has 0 N–H and O–H groups in total. The summed E-state index contributed by atoms with van der Waals surface area (Å²) in [6, 6.07) is 11.5. The zero-order valence-corrected chi connectivity index (χ0v) is 16.3. The van der Waals surface area contributed by atoms with Crippen LogP contribution in [0.2, 0.25) is 0 Å². The van der Waals surface area contributed by atoms with Crippen LogP contribution in [0.3, 0.4) is 0 Å². The molecule has 4 heterocycles. The van der Waals surface area contributed by atoms with Crippen molar-refractivity contribution in [3.63, 3.8) is 0 Å². The molecule has 0 saturated heterocycles. The van der Waals surface area contributed by atoms with Gasteiger partial charge in [0.15, 0.2) is 5.82 Å². The molecule has 0 saturated carbocycles. The number of rotatable bonds is 3. The van der Waals surface area contributed by atoms with Gasteiger partial charge >= 0.3 is 6.18 Å². The lowest BCUT2D eigenvalue weighted by Crippen LogP contribution is -2.23. The van der Waals surface area contributed by atoms with E-state index in [0.29, 0.717) is 26.6 Å². The van der Waals surface area contributed by atoms with Crippen LogP contribution in [0.1, 0.15) is 11.3 Å². The number of furan rings is 1. The van der Waals surface area contributed by atoms with E-state index >= 15 is 0 Å². The zero-order chi connectivity index (χ0) is 21.6. The molecule has 1 aromatic carbocycles. The van der Waals surface area contributed by atoms with Crippen LogP contribution in [0, 0.1) is 0 Å². The topological polar surface area (TPSA) is 73.3 Å². The van der Waals surface area contributed by atoms with Crippen LogP contribution in [-0.4, -0.2) is 19.6 Å². The summed E-state index contributed by atoms with van der Waals surface area (Å²) in [6.07, 6.45) is 0.302. The van der Waals surface area contributed by atoms with Gasteiger partial charge in [0, 0.05) is 29.6 Å². The molecular weight excluding hydrogens is 429 g/mol. The lowest BCUT2D eigenvalue weighted by molar-refractivity contribution is -0.137. The number of alkyl halides is 3. The summed E-state index contributed by atoms with van der Waals surface area (Å²) < 4.78 is 46.0. The van der Waals surface area contributed by atoms with Gasteiger partial charge in [-0.25, -0.2) is 0 Å². The summed E-state index contributed by atoms with van der Waals surface area (Å²) in [6.45, 7) is 0. The molecule has 0 aliphatic rings. The Labute approximate surface area is 175 Å². The van der Waals surface area contributed by atoms with Gasteiger partial charge < -0.3 is 4.42 Å². The number of fused-ring (bicyclic) bond motifs is 1. The number of hydrogen-bond acceptors (Lipinski definition) is 6. The Morgan fingerprint density at radius 2 is 1.84 bits per heavy atom. The van der Waals surface area contributed by atoms with Crippen LogP contribution in [0.4, 0.5) is 13.2 Å². The van der Waals surface area contributed by atoms with E-state index in [1.165, 1.54) is 22.7 Å². The van der Waals surface area contributed by atoms with E-state index in [1.54, 1.807) is 36.7 Å². The van der Waals surface area contributed by atoms with E-state index in [0.717, 1.165) is 29.0 Å². The van der Waals surface area contributed by atoms with Crippen molar-refractivity contribution in [2.45, 2.75) is 6.18 Å². The molecular formula is C21H11F3N4O2S. The van der Waals surface area contributed by atoms with Crippen molar-refractivity contribution in [2.24, 2.45) is 0 Å². The quantitative estimate of drug-likeness (QED) is 0.423. The Morgan fingerprint density at radius 3 is 2.58 bits per heavy atom. The van der Waals surface area contributed by atoms with Crippen molar-refractivity contribution < 1.29 is 17.6 Å². The Bertz CT molecular complexity index is 1500. The second-order valence-electron chi connectivity index (χ2n) is 6.56. The largest absolute Gasteiger partial charge is 0.457 e. The lowest BCUT2D eigenvalue weighted by atomic mass is 10.1. The van der Waals surface area contributed by atoms with E-state index in [-0.39, 0.29) is 11.3 Å². The lowest BCUT2D eigenvalue weighted by Gasteiger charge is -2.07. The van der Waals surface area contributed by atoms with E-state index in [2.05, 4.69) is 15.1 Å². The molecule has 0 amide bonds. The molecule has 5 aromatic rings. The molecule has 0 bridgehead atoms. The van der Waals surface area contributed by atoms with Gasteiger partial charge in [0.05, 0.1) is 5.56 Å². The van der Waals surface area contributed by atoms with Crippen LogP contribution in [0.15, 0.2) is 70.1 Å². The number of hydrogen-bond donors (Lipinski definition) is 0. The molecule has 154 valence electrons. The van der Waals surface area contributed by atoms with Crippen molar-refractivity contribution in [2.75, 3.05) is 0 Å². The van der Waals surface area contributed by atoms with Crippen molar-refractivity contribution in [1.82, 2.24) is 19.6 Å². The van der Waals surface area contributed by atoms with Gasteiger partial charge in [0.25, 0.3) is 5.56 Å². The van der Waals surface area contributed by atoms with Crippen molar-refractivity contribution in [3.05, 3.63) is 87.1 Å². The highest BCUT2D eigenvalue weighted by molar-refractivity contribution is 7.15. The van der Waals surface area contributed by atoms with Crippen LogP contribution in [0.25, 0.3) is 33.7 Å². The molecule has 0 radical (unpaired) electrons. The van der Waals surface area contributed by atoms with Crippen LogP contribution < -0.4 is 10.1 Å². The van der Waals surface area contributed by atoms with Crippen molar-refractivity contribution in [3.8, 4) is 22.7 Å². The fourth-order valence-corrected chi connectivity index (χ4v) is 3.91. The maximum absolute atomic E-state index is 12.9. The van der Waals surface area contributed by atoms with Gasteiger partial charge in [0.1, 0.15) is 16.1 Å².